The van der Waals surface area contributed by atoms with Crippen LogP contribution in [-0.2, 0) is 0 Å². The van der Waals surface area contributed by atoms with Gasteiger partial charge in [0.25, 0.3) is 11.8 Å². The highest BCUT2D eigenvalue weighted by atomic mass is 35.5. The van der Waals surface area contributed by atoms with E-state index in [0.29, 0.717) is 35.1 Å². The van der Waals surface area contributed by atoms with Gasteiger partial charge >= 0.3 is 0 Å². The Morgan fingerprint density at radius 1 is 0.900 bits per heavy atom. The van der Waals surface area contributed by atoms with E-state index in [1.807, 2.05) is 34.1 Å². The lowest BCUT2D eigenvalue weighted by atomic mass is 9.98. The molecule has 2 fully saturated rings. The van der Waals surface area contributed by atoms with E-state index in [1.54, 1.807) is 24.3 Å². The van der Waals surface area contributed by atoms with Crippen molar-refractivity contribution in [2.75, 3.05) is 32.8 Å². The van der Waals surface area contributed by atoms with E-state index in [4.69, 9.17) is 16.3 Å². The average molecular weight is 427 g/mol. The molecule has 0 saturated carbocycles. The Bertz CT molecular complexity index is 894. The van der Waals surface area contributed by atoms with E-state index in [9.17, 15) is 9.59 Å². The molecule has 1 atom stereocenters. The van der Waals surface area contributed by atoms with Crippen molar-refractivity contribution in [3.63, 3.8) is 0 Å². The Labute approximate surface area is 182 Å². The van der Waals surface area contributed by atoms with E-state index in [2.05, 4.69) is 0 Å². The maximum absolute atomic E-state index is 12.8. The number of rotatable bonds is 5. The second kappa shape index (κ2) is 9.52. The Balaban J connectivity index is 1.33. The van der Waals surface area contributed by atoms with E-state index >= 15 is 0 Å². The van der Waals surface area contributed by atoms with Gasteiger partial charge in [0.15, 0.2) is 0 Å². The summed E-state index contributed by atoms with van der Waals surface area (Å²) in [6.45, 7) is 3.64. The first-order valence-corrected chi connectivity index (χ1v) is 11.0. The molecular weight excluding hydrogens is 400 g/mol. The minimum Gasteiger partial charge on any atom is -0.493 e. The minimum absolute atomic E-state index is 0.0366. The van der Waals surface area contributed by atoms with Crippen LogP contribution in [0.3, 0.4) is 0 Å². The monoisotopic (exact) mass is 426 g/mol. The third-order valence-electron chi connectivity index (χ3n) is 5.86. The van der Waals surface area contributed by atoms with Crippen LogP contribution in [0.1, 0.15) is 46.4 Å². The molecule has 0 aromatic heterocycles. The van der Waals surface area contributed by atoms with Gasteiger partial charge in [0.1, 0.15) is 5.75 Å². The van der Waals surface area contributed by atoms with Crippen molar-refractivity contribution in [1.29, 1.82) is 0 Å². The van der Waals surface area contributed by atoms with Crippen LogP contribution in [0.2, 0.25) is 5.02 Å². The summed E-state index contributed by atoms with van der Waals surface area (Å²) in [6.07, 6.45) is 4.14. The molecule has 2 heterocycles. The number of nitrogens with zero attached hydrogens (tertiary/aromatic N) is 2. The molecule has 2 saturated heterocycles. The second-order valence-corrected chi connectivity index (χ2v) is 8.54. The fourth-order valence-corrected chi connectivity index (χ4v) is 4.32. The highest BCUT2D eigenvalue weighted by Gasteiger charge is 2.25. The smallest absolute Gasteiger partial charge is 0.253 e. The Morgan fingerprint density at radius 2 is 1.60 bits per heavy atom. The summed E-state index contributed by atoms with van der Waals surface area (Å²) in [5, 5.41) is 0.627. The highest BCUT2D eigenvalue weighted by Crippen LogP contribution is 2.22. The van der Waals surface area contributed by atoms with Gasteiger partial charge in [0.05, 0.1) is 6.61 Å². The van der Waals surface area contributed by atoms with Gasteiger partial charge in [-0.05, 0) is 68.1 Å². The largest absolute Gasteiger partial charge is 0.493 e. The van der Waals surface area contributed by atoms with Crippen molar-refractivity contribution in [2.45, 2.75) is 25.7 Å². The molecule has 0 radical (unpaired) electrons. The van der Waals surface area contributed by atoms with Crippen LogP contribution in [0, 0.1) is 5.92 Å². The van der Waals surface area contributed by atoms with E-state index in [1.165, 1.54) is 0 Å². The molecular formula is C24H27ClN2O3. The van der Waals surface area contributed by atoms with Crippen LogP contribution in [0.25, 0.3) is 0 Å². The Morgan fingerprint density at radius 3 is 2.37 bits per heavy atom. The van der Waals surface area contributed by atoms with Crippen LogP contribution < -0.4 is 4.74 Å². The van der Waals surface area contributed by atoms with Gasteiger partial charge in [-0.15, -0.1) is 0 Å². The number of ether oxygens (including phenoxy) is 1. The number of carbonyl (C=O) groups is 2. The van der Waals surface area contributed by atoms with Crippen LogP contribution in [0.4, 0.5) is 0 Å². The molecule has 0 bridgehead atoms. The lowest BCUT2D eigenvalue weighted by Gasteiger charge is -2.32. The summed E-state index contributed by atoms with van der Waals surface area (Å²) < 4.78 is 6.02. The first kappa shape index (κ1) is 20.7. The third-order valence-corrected chi connectivity index (χ3v) is 6.11. The average Bonchev–Trinajstić information content (AvgIpc) is 3.33. The van der Waals surface area contributed by atoms with Crippen LogP contribution in [0.15, 0.2) is 48.5 Å². The quantitative estimate of drug-likeness (QED) is 0.706. The van der Waals surface area contributed by atoms with Crippen molar-refractivity contribution in [2.24, 2.45) is 5.92 Å². The number of amides is 2. The zero-order valence-electron chi connectivity index (χ0n) is 17.1. The van der Waals surface area contributed by atoms with Gasteiger partial charge in [-0.2, -0.15) is 0 Å². The van der Waals surface area contributed by atoms with E-state index in [0.717, 1.165) is 45.3 Å². The number of hydrogen-bond acceptors (Lipinski definition) is 3. The Hall–Kier alpha value is -2.53. The summed E-state index contributed by atoms with van der Waals surface area (Å²) >= 11 is 5.93. The predicted octanol–water partition coefficient (Wildman–Crippen LogP) is 4.51. The summed E-state index contributed by atoms with van der Waals surface area (Å²) in [5.74, 6) is 1.10. The predicted molar refractivity (Wildman–Crippen MR) is 117 cm³/mol. The highest BCUT2D eigenvalue weighted by molar-refractivity contribution is 6.30. The number of likely N-dealkylation sites (tertiary alicyclic amines) is 2. The molecule has 0 aliphatic carbocycles. The molecule has 2 aliphatic heterocycles. The molecule has 30 heavy (non-hydrogen) atoms. The van der Waals surface area contributed by atoms with Crippen molar-refractivity contribution in [3.8, 4) is 5.75 Å². The van der Waals surface area contributed by atoms with Gasteiger partial charge in [0.2, 0.25) is 0 Å². The number of hydrogen-bond donors (Lipinski definition) is 0. The van der Waals surface area contributed by atoms with Crippen LogP contribution in [-0.4, -0.2) is 54.4 Å². The molecule has 158 valence electrons. The van der Waals surface area contributed by atoms with E-state index in [-0.39, 0.29) is 17.7 Å². The fraction of sp³-hybridized carbons (Fsp3) is 0.417. The lowest BCUT2D eigenvalue weighted by Crippen LogP contribution is -2.41. The lowest BCUT2D eigenvalue weighted by molar-refractivity contribution is 0.0632. The normalized spacial score (nSPS) is 19.0. The van der Waals surface area contributed by atoms with Crippen LogP contribution in [0.5, 0.6) is 5.75 Å². The SMILES string of the molecule is O=C(c1cccc(OC[C@H]2CCCN(C(=O)c3ccc(Cl)cc3)C2)c1)N1CCCC1. The van der Waals surface area contributed by atoms with Crippen molar-refractivity contribution >= 4 is 23.4 Å². The number of carbonyl (C=O) groups excluding carboxylic acids is 2. The number of benzene rings is 2. The number of halogens is 1. The molecule has 2 aromatic carbocycles. The Kier molecular flexibility index (Phi) is 6.58. The van der Waals surface area contributed by atoms with Crippen molar-refractivity contribution in [1.82, 2.24) is 9.80 Å². The molecule has 4 rings (SSSR count). The van der Waals surface area contributed by atoms with Crippen LogP contribution >= 0.6 is 11.6 Å². The maximum atomic E-state index is 12.8. The molecule has 5 nitrogen and oxygen atoms in total. The fourth-order valence-electron chi connectivity index (χ4n) is 4.20. The minimum atomic E-state index is 0.0366. The van der Waals surface area contributed by atoms with Gasteiger partial charge in [-0.1, -0.05) is 17.7 Å². The zero-order chi connectivity index (χ0) is 20.9. The van der Waals surface area contributed by atoms with Gasteiger partial charge in [-0.3, -0.25) is 9.59 Å². The molecule has 0 unspecified atom stereocenters. The standard InChI is InChI=1S/C24H27ClN2O3/c25-21-10-8-19(9-11-21)23(28)27-14-4-5-18(16-27)17-30-22-7-3-6-20(15-22)24(29)26-12-1-2-13-26/h3,6-11,15,18H,1-2,4-5,12-14,16-17H2/t18-/m0/s1. The third kappa shape index (κ3) is 4.96. The first-order valence-electron chi connectivity index (χ1n) is 10.7. The molecule has 2 aliphatic rings. The van der Waals surface area contributed by atoms with E-state index < -0.39 is 0 Å². The number of piperidine rings is 1. The van der Waals surface area contributed by atoms with Crippen molar-refractivity contribution < 1.29 is 14.3 Å². The van der Waals surface area contributed by atoms with Crippen molar-refractivity contribution in [3.05, 3.63) is 64.7 Å². The molecule has 0 N–H and O–H groups in total. The molecule has 6 heteroatoms. The first-order chi connectivity index (χ1) is 14.6. The molecule has 2 amide bonds. The molecule has 2 aromatic rings. The zero-order valence-corrected chi connectivity index (χ0v) is 17.8. The second-order valence-electron chi connectivity index (χ2n) is 8.10. The topological polar surface area (TPSA) is 49.9 Å². The summed E-state index contributed by atoms with van der Waals surface area (Å²) in [7, 11) is 0. The summed E-state index contributed by atoms with van der Waals surface area (Å²) in [4.78, 5) is 29.2. The summed E-state index contributed by atoms with van der Waals surface area (Å²) in [6, 6.07) is 14.5. The van der Waals surface area contributed by atoms with Gasteiger partial charge in [0, 0.05) is 48.2 Å². The van der Waals surface area contributed by atoms with Gasteiger partial charge < -0.3 is 14.5 Å². The summed E-state index contributed by atoms with van der Waals surface area (Å²) in [5.41, 5.74) is 1.34. The molecule has 0 spiro atoms. The van der Waals surface area contributed by atoms with Gasteiger partial charge in [-0.25, -0.2) is 0 Å². The maximum Gasteiger partial charge on any atom is 0.253 e.